The number of carbonyl (C=O) groups is 1. The second-order valence-electron chi connectivity index (χ2n) is 5.54. The summed E-state index contributed by atoms with van der Waals surface area (Å²) < 4.78 is 0. The predicted molar refractivity (Wildman–Crippen MR) is 86.0 cm³/mol. The van der Waals surface area contributed by atoms with Gasteiger partial charge in [-0.25, -0.2) is 0 Å². The first-order valence-corrected chi connectivity index (χ1v) is 7.85. The summed E-state index contributed by atoms with van der Waals surface area (Å²) in [4.78, 5) is 27.2. The lowest BCUT2D eigenvalue weighted by atomic mass is 9.95. The Morgan fingerprint density at radius 1 is 1.36 bits per heavy atom. The van der Waals surface area contributed by atoms with Crippen LogP contribution in [0.15, 0.2) is 24.3 Å². The molecule has 6 nitrogen and oxygen atoms in total. The van der Waals surface area contributed by atoms with Crippen LogP contribution in [0.1, 0.15) is 26.7 Å². The molecule has 1 aromatic carbocycles. The van der Waals surface area contributed by atoms with E-state index in [1.165, 1.54) is 6.07 Å². The predicted octanol–water partition coefficient (Wildman–Crippen LogP) is 2.68. The van der Waals surface area contributed by atoms with Crippen molar-refractivity contribution in [3.63, 3.8) is 0 Å². The SMILES string of the molecule is CCN(CC)C(=O)[C@@H]1CCCN(c2ccccc2[N+](=O)[O-])C1. The summed E-state index contributed by atoms with van der Waals surface area (Å²) in [6.45, 7) is 6.68. The van der Waals surface area contributed by atoms with Gasteiger partial charge in [-0.3, -0.25) is 14.9 Å². The third-order valence-corrected chi connectivity index (χ3v) is 4.26. The molecule has 0 aliphatic carbocycles. The number of nitrogens with zero attached hydrogens (tertiary/aromatic N) is 3. The third-order valence-electron chi connectivity index (χ3n) is 4.26. The van der Waals surface area contributed by atoms with Gasteiger partial charge in [0.05, 0.1) is 10.8 Å². The summed E-state index contributed by atoms with van der Waals surface area (Å²) in [5, 5.41) is 11.2. The monoisotopic (exact) mass is 305 g/mol. The molecule has 0 spiro atoms. The van der Waals surface area contributed by atoms with Gasteiger partial charge >= 0.3 is 0 Å². The molecule has 6 heteroatoms. The topological polar surface area (TPSA) is 66.7 Å². The fourth-order valence-electron chi connectivity index (χ4n) is 3.08. The van der Waals surface area contributed by atoms with E-state index in [2.05, 4.69) is 0 Å². The zero-order valence-electron chi connectivity index (χ0n) is 13.2. The normalized spacial score (nSPS) is 18.1. The molecule has 1 fully saturated rings. The molecule has 1 aromatic rings. The lowest BCUT2D eigenvalue weighted by Crippen LogP contribution is -2.45. The molecule has 1 aliphatic heterocycles. The lowest BCUT2D eigenvalue weighted by Gasteiger charge is -2.35. The summed E-state index contributed by atoms with van der Waals surface area (Å²) in [6.07, 6.45) is 1.73. The number of rotatable bonds is 5. The molecular formula is C16H23N3O3. The highest BCUT2D eigenvalue weighted by atomic mass is 16.6. The van der Waals surface area contributed by atoms with Gasteiger partial charge in [-0.1, -0.05) is 12.1 Å². The van der Waals surface area contributed by atoms with Crippen LogP contribution in [0.3, 0.4) is 0 Å². The zero-order chi connectivity index (χ0) is 16.1. The van der Waals surface area contributed by atoms with Crippen molar-refractivity contribution in [1.82, 2.24) is 4.90 Å². The summed E-state index contributed by atoms with van der Waals surface area (Å²) in [6, 6.07) is 6.76. The maximum absolute atomic E-state index is 12.5. The molecule has 0 bridgehead atoms. The van der Waals surface area contributed by atoms with Crippen molar-refractivity contribution in [2.75, 3.05) is 31.1 Å². The standard InChI is InChI=1S/C16H23N3O3/c1-3-17(4-2)16(20)13-8-7-11-18(12-13)14-9-5-6-10-15(14)19(21)22/h5-6,9-10,13H,3-4,7-8,11-12H2,1-2H3/t13-/m1/s1. The first-order chi connectivity index (χ1) is 10.6. The number of anilines is 1. The van der Waals surface area contributed by atoms with E-state index in [0.717, 1.165) is 19.4 Å². The van der Waals surface area contributed by atoms with Gasteiger partial charge < -0.3 is 9.80 Å². The van der Waals surface area contributed by atoms with Crippen LogP contribution in [-0.2, 0) is 4.79 Å². The fraction of sp³-hybridized carbons (Fsp3) is 0.562. The van der Waals surface area contributed by atoms with Crippen molar-refractivity contribution >= 4 is 17.3 Å². The molecule has 0 aromatic heterocycles. The maximum Gasteiger partial charge on any atom is 0.292 e. The average molecular weight is 305 g/mol. The molecule has 22 heavy (non-hydrogen) atoms. The number of nitro benzene ring substituents is 1. The van der Waals surface area contributed by atoms with Crippen LogP contribution in [0.2, 0.25) is 0 Å². The number of piperidine rings is 1. The molecule has 2 rings (SSSR count). The van der Waals surface area contributed by atoms with Crippen LogP contribution in [0.4, 0.5) is 11.4 Å². The Labute approximate surface area is 130 Å². The van der Waals surface area contributed by atoms with Crippen molar-refractivity contribution in [2.24, 2.45) is 5.92 Å². The Morgan fingerprint density at radius 2 is 2.05 bits per heavy atom. The van der Waals surface area contributed by atoms with Gasteiger partial charge in [-0.2, -0.15) is 0 Å². The number of para-hydroxylation sites is 2. The van der Waals surface area contributed by atoms with Crippen LogP contribution in [-0.4, -0.2) is 41.9 Å². The Bertz CT molecular complexity index is 543. The van der Waals surface area contributed by atoms with E-state index in [4.69, 9.17) is 0 Å². The first kappa shape index (κ1) is 16.3. The van der Waals surface area contributed by atoms with Gasteiger partial charge in [0.1, 0.15) is 5.69 Å². The minimum atomic E-state index is -0.356. The van der Waals surface area contributed by atoms with Gasteiger partial charge in [0, 0.05) is 32.2 Å². The van der Waals surface area contributed by atoms with Crippen LogP contribution in [0, 0.1) is 16.0 Å². The van der Waals surface area contributed by atoms with Crippen molar-refractivity contribution in [1.29, 1.82) is 0 Å². The first-order valence-electron chi connectivity index (χ1n) is 7.85. The van der Waals surface area contributed by atoms with E-state index in [-0.39, 0.29) is 22.4 Å². The number of hydrogen-bond acceptors (Lipinski definition) is 4. The molecule has 120 valence electrons. The van der Waals surface area contributed by atoms with Crippen LogP contribution in [0.25, 0.3) is 0 Å². The van der Waals surface area contributed by atoms with E-state index in [1.54, 1.807) is 18.2 Å². The van der Waals surface area contributed by atoms with Gasteiger partial charge in [-0.15, -0.1) is 0 Å². The van der Waals surface area contributed by atoms with E-state index in [0.29, 0.717) is 25.3 Å². The highest BCUT2D eigenvalue weighted by molar-refractivity contribution is 5.80. The smallest absolute Gasteiger partial charge is 0.292 e. The molecule has 0 radical (unpaired) electrons. The van der Waals surface area contributed by atoms with Crippen molar-refractivity contribution in [3.8, 4) is 0 Å². The average Bonchev–Trinajstić information content (AvgIpc) is 2.56. The third kappa shape index (κ3) is 3.37. The molecule has 1 saturated heterocycles. The van der Waals surface area contributed by atoms with Gasteiger partial charge in [0.25, 0.3) is 5.69 Å². The van der Waals surface area contributed by atoms with Crippen LogP contribution >= 0.6 is 0 Å². The lowest BCUT2D eigenvalue weighted by molar-refractivity contribution is -0.384. The van der Waals surface area contributed by atoms with E-state index in [9.17, 15) is 14.9 Å². The Morgan fingerprint density at radius 3 is 2.68 bits per heavy atom. The highest BCUT2D eigenvalue weighted by Crippen LogP contribution is 2.31. The summed E-state index contributed by atoms with van der Waals surface area (Å²) in [7, 11) is 0. The summed E-state index contributed by atoms with van der Waals surface area (Å²) in [5.74, 6) is 0.0849. The second kappa shape index (κ2) is 7.24. The minimum Gasteiger partial charge on any atom is -0.365 e. The number of hydrogen-bond donors (Lipinski definition) is 0. The highest BCUT2D eigenvalue weighted by Gasteiger charge is 2.30. The molecule has 0 saturated carbocycles. The molecule has 0 unspecified atom stereocenters. The summed E-state index contributed by atoms with van der Waals surface area (Å²) in [5.41, 5.74) is 0.725. The van der Waals surface area contributed by atoms with Gasteiger partial charge in [-0.05, 0) is 32.8 Å². The van der Waals surface area contributed by atoms with Crippen molar-refractivity contribution in [3.05, 3.63) is 34.4 Å². The molecule has 1 heterocycles. The van der Waals surface area contributed by atoms with Crippen LogP contribution in [0.5, 0.6) is 0 Å². The Hall–Kier alpha value is -2.11. The Balaban J connectivity index is 2.18. The number of benzene rings is 1. The summed E-state index contributed by atoms with van der Waals surface area (Å²) >= 11 is 0. The zero-order valence-corrected chi connectivity index (χ0v) is 13.2. The minimum absolute atomic E-state index is 0.0755. The van der Waals surface area contributed by atoms with E-state index in [1.807, 2.05) is 23.6 Å². The molecule has 1 amide bonds. The quantitative estimate of drug-likeness (QED) is 0.619. The van der Waals surface area contributed by atoms with Crippen molar-refractivity contribution < 1.29 is 9.72 Å². The number of nitro groups is 1. The molecular weight excluding hydrogens is 282 g/mol. The number of carbonyl (C=O) groups excluding carboxylic acids is 1. The largest absolute Gasteiger partial charge is 0.365 e. The van der Waals surface area contributed by atoms with Crippen molar-refractivity contribution in [2.45, 2.75) is 26.7 Å². The molecule has 0 N–H and O–H groups in total. The van der Waals surface area contributed by atoms with Gasteiger partial charge in [0.2, 0.25) is 5.91 Å². The maximum atomic E-state index is 12.5. The van der Waals surface area contributed by atoms with E-state index < -0.39 is 0 Å². The molecule has 1 atom stereocenters. The van der Waals surface area contributed by atoms with Gasteiger partial charge in [0.15, 0.2) is 0 Å². The molecule has 1 aliphatic rings. The Kier molecular flexibility index (Phi) is 5.35. The van der Waals surface area contributed by atoms with Crippen LogP contribution < -0.4 is 4.90 Å². The second-order valence-corrected chi connectivity index (χ2v) is 5.54. The number of amides is 1. The van der Waals surface area contributed by atoms with E-state index >= 15 is 0 Å². The fourth-order valence-corrected chi connectivity index (χ4v) is 3.08.